The van der Waals surface area contributed by atoms with Crippen LogP contribution in [0.15, 0.2) is 41.3 Å². The van der Waals surface area contributed by atoms with Crippen molar-refractivity contribution < 1.29 is 18.0 Å². The number of halogens is 1. The summed E-state index contributed by atoms with van der Waals surface area (Å²) in [6, 6.07) is 9.38. The third kappa shape index (κ3) is 5.66. The predicted octanol–water partition coefficient (Wildman–Crippen LogP) is 3.65. The molecular weight excluding hydrogens is 382 g/mol. The van der Waals surface area contributed by atoms with Gasteiger partial charge in [-0.1, -0.05) is 23.7 Å². The van der Waals surface area contributed by atoms with Crippen LogP contribution in [0.25, 0.3) is 0 Å². The van der Waals surface area contributed by atoms with Crippen LogP contribution >= 0.6 is 22.9 Å². The molecule has 2 aromatic rings. The Morgan fingerprint density at radius 1 is 1.12 bits per heavy atom. The monoisotopic (exact) mass is 399 g/mol. The normalized spacial score (nSPS) is 12.6. The molecule has 0 fully saturated rings. The van der Waals surface area contributed by atoms with Gasteiger partial charge in [-0.2, -0.15) is 0 Å². The van der Waals surface area contributed by atoms with Crippen LogP contribution in [0.2, 0.25) is 4.34 Å². The summed E-state index contributed by atoms with van der Waals surface area (Å²) in [6.07, 6.45) is 1.34. The molecule has 1 N–H and O–H groups in total. The summed E-state index contributed by atoms with van der Waals surface area (Å²) in [5.74, 6) is -0.354. The molecule has 0 aliphatic heterocycles. The largest absolute Gasteiger partial charge is 0.350 e. The number of ketones is 1. The summed E-state index contributed by atoms with van der Waals surface area (Å²) in [5.41, 5.74) is 0.789. The lowest BCUT2D eigenvalue weighted by molar-refractivity contribution is -0.121. The summed E-state index contributed by atoms with van der Waals surface area (Å²) in [6.45, 7) is 1.80. The van der Waals surface area contributed by atoms with Crippen LogP contribution in [-0.4, -0.2) is 26.4 Å². The first-order valence-corrected chi connectivity index (χ1v) is 10.6. The van der Waals surface area contributed by atoms with Gasteiger partial charge in [-0.15, -0.1) is 11.3 Å². The lowest BCUT2D eigenvalue weighted by Crippen LogP contribution is -2.26. The van der Waals surface area contributed by atoms with Crippen LogP contribution in [0.3, 0.4) is 0 Å². The molecule has 1 amide bonds. The molecule has 5 nitrogen and oxygen atoms in total. The standard InChI is InChI=1S/C17H18ClNO4S2/c1-11(12-3-5-13(6-4-12)25(2,22)23)19-17(21)10-7-14(20)15-8-9-16(18)24-15/h3-6,8-9,11H,7,10H2,1-2H3,(H,19,21). The number of Topliss-reactive ketones (excluding diaryl/α,β-unsaturated/α-hetero) is 1. The van der Waals surface area contributed by atoms with E-state index in [0.717, 1.165) is 11.8 Å². The van der Waals surface area contributed by atoms with Gasteiger partial charge in [0.2, 0.25) is 5.91 Å². The Morgan fingerprint density at radius 3 is 2.28 bits per heavy atom. The maximum absolute atomic E-state index is 12.0. The van der Waals surface area contributed by atoms with E-state index in [9.17, 15) is 18.0 Å². The Hall–Kier alpha value is -1.70. The third-order valence-electron chi connectivity index (χ3n) is 3.61. The minimum atomic E-state index is -3.24. The van der Waals surface area contributed by atoms with Gasteiger partial charge in [0, 0.05) is 19.1 Å². The number of hydrogen-bond donors (Lipinski definition) is 1. The molecule has 1 unspecified atom stereocenters. The van der Waals surface area contributed by atoms with Crippen molar-refractivity contribution in [3.8, 4) is 0 Å². The van der Waals surface area contributed by atoms with Crippen LogP contribution in [0, 0.1) is 0 Å². The number of benzene rings is 1. The first kappa shape index (κ1) is 19.6. The quantitative estimate of drug-likeness (QED) is 0.720. The molecule has 0 spiro atoms. The first-order valence-electron chi connectivity index (χ1n) is 7.55. The number of sulfone groups is 1. The van der Waals surface area contributed by atoms with E-state index in [1.807, 2.05) is 0 Å². The maximum Gasteiger partial charge on any atom is 0.220 e. The van der Waals surface area contributed by atoms with Crippen molar-refractivity contribution in [3.05, 3.63) is 51.2 Å². The third-order valence-corrected chi connectivity index (χ3v) is 6.01. The van der Waals surface area contributed by atoms with Gasteiger partial charge in [-0.3, -0.25) is 9.59 Å². The van der Waals surface area contributed by atoms with E-state index in [0.29, 0.717) is 9.21 Å². The van der Waals surface area contributed by atoms with Crippen LogP contribution < -0.4 is 5.32 Å². The second kappa shape index (κ2) is 8.12. The Kier molecular flexibility index (Phi) is 6.37. The van der Waals surface area contributed by atoms with Gasteiger partial charge >= 0.3 is 0 Å². The van der Waals surface area contributed by atoms with Crippen molar-refractivity contribution in [2.45, 2.75) is 30.7 Å². The van der Waals surface area contributed by atoms with Gasteiger partial charge in [-0.05, 0) is 36.8 Å². The Balaban J connectivity index is 1.88. The smallest absolute Gasteiger partial charge is 0.220 e. The summed E-state index contributed by atoms with van der Waals surface area (Å²) in [5, 5.41) is 2.80. The maximum atomic E-state index is 12.0. The molecule has 2 rings (SSSR count). The highest BCUT2D eigenvalue weighted by Gasteiger charge is 2.14. The van der Waals surface area contributed by atoms with Crippen LogP contribution in [0.1, 0.15) is 41.0 Å². The van der Waals surface area contributed by atoms with Gasteiger partial charge in [0.05, 0.1) is 20.2 Å². The zero-order chi connectivity index (χ0) is 18.6. The lowest BCUT2D eigenvalue weighted by Gasteiger charge is -2.14. The van der Waals surface area contributed by atoms with E-state index < -0.39 is 9.84 Å². The van der Waals surface area contributed by atoms with Crippen LogP contribution in [0.4, 0.5) is 0 Å². The second-order valence-corrected chi connectivity index (χ2v) is 9.39. The highest BCUT2D eigenvalue weighted by atomic mass is 35.5. The lowest BCUT2D eigenvalue weighted by atomic mass is 10.1. The average Bonchev–Trinajstić information content (AvgIpc) is 2.98. The van der Waals surface area contributed by atoms with Crippen LogP contribution in [-0.2, 0) is 14.6 Å². The van der Waals surface area contributed by atoms with E-state index in [2.05, 4.69) is 5.32 Å². The second-order valence-electron chi connectivity index (χ2n) is 5.66. The fourth-order valence-electron chi connectivity index (χ4n) is 2.22. The zero-order valence-electron chi connectivity index (χ0n) is 13.8. The molecule has 0 aliphatic rings. The first-order chi connectivity index (χ1) is 11.7. The van der Waals surface area contributed by atoms with Gasteiger partial charge in [-0.25, -0.2) is 8.42 Å². The molecule has 1 aromatic heterocycles. The SMILES string of the molecule is CC(NC(=O)CCC(=O)c1ccc(Cl)s1)c1ccc(S(C)(=O)=O)cc1. The van der Waals surface area contributed by atoms with Crippen molar-refractivity contribution in [2.75, 3.05) is 6.26 Å². The summed E-state index contributed by atoms with van der Waals surface area (Å²) in [4.78, 5) is 24.8. The molecule has 1 aromatic carbocycles. The van der Waals surface area contributed by atoms with Crippen LogP contribution in [0.5, 0.6) is 0 Å². The molecule has 0 saturated heterocycles. The Labute approximate surface area is 155 Å². The molecule has 0 aliphatic carbocycles. The molecule has 8 heteroatoms. The van der Waals surface area contributed by atoms with Crippen molar-refractivity contribution in [3.63, 3.8) is 0 Å². The number of carbonyl (C=O) groups excluding carboxylic acids is 2. The van der Waals surface area contributed by atoms with Crippen molar-refractivity contribution in [1.82, 2.24) is 5.32 Å². The van der Waals surface area contributed by atoms with E-state index >= 15 is 0 Å². The number of nitrogens with one attached hydrogen (secondary N) is 1. The van der Waals surface area contributed by atoms with Gasteiger partial charge < -0.3 is 5.32 Å². The number of thiophene rings is 1. The van der Waals surface area contributed by atoms with Crippen molar-refractivity contribution >= 4 is 44.5 Å². The Bertz CT molecular complexity index is 872. The van der Waals surface area contributed by atoms with Crippen molar-refractivity contribution in [2.24, 2.45) is 0 Å². The molecule has 0 saturated carbocycles. The Morgan fingerprint density at radius 2 is 1.76 bits per heavy atom. The number of amides is 1. The summed E-state index contributed by atoms with van der Waals surface area (Å²) in [7, 11) is -3.24. The zero-order valence-corrected chi connectivity index (χ0v) is 16.2. The van der Waals surface area contributed by atoms with E-state index in [1.54, 1.807) is 31.2 Å². The minimum absolute atomic E-state index is 0.0834. The van der Waals surface area contributed by atoms with E-state index in [-0.39, 0.29) is 35.5 Å². The molecule has 25 heavy (non-hydrogen) atoms. The van der Waals surface area contributed by atoms with Gasteiger partial charge in [0.25, 0.3) is 0 Å². The van der Waals surface area contributed by atoms with Crippen molar-refractivity contribution in [1.29, 1.82) is 0 Å². The topological polar surface area (TPSA) is 80.3 Å². The number of carbonyl (C=O) groups is 2. The van der Waals surface area contributed by atoms with E-state index in [1.165, 1.54) is 23.5 Å². The summed E-state index contributed by atoms with van der Waals surface area (Å²) >= 11 is 6.99. The average molecular weight is 400 g/mol. The van der Waals surface area contributed by atoms with Gasteiger partial charge in [0.1, 0.15) is 0 Å². The molecule has 134 valence electrons. The molecule has 0 bridgehead atoms. The van der Waals surface area contributed by atoms with Gasteiger partial charge in [0.15, 0.2) is 15.6 Å². The minimum Gasteiger partial charge on any atom is -0.350 e. The molecule has 1 heterocycles. The number of hydrogen-bond acceptors (Lipinski definition) is 5. The summed E-state index contributed by atoms with van der Waals surface area (Å²) < 4.78 is 23.4. The highest BCUT2D eigenvalue weighted by Crippen LogP contribution is 2.23. The molecular formula is C17H18ClNO4S2. The predicted molar refractivity (Wildman–Crippen MR) is 99.0 cm³/mol. The molecule has 0 radical (unpaired) electrons. The highest BCUT2D eigenvalue weighted by molar-refractivity contribution is 7.90. The fraction of sp³-hybridized carbons (Fsp3) is 0.294. The fourth-order valence-corrected chi connectivity index (χ4v) is 3.86. The van der Waals surface area contributed by atoms with E-state index in [4.69, 9.17) is 11.6 Å². The molecule has 1 atom stereocenters. The number of rotatable bonds is 7.